The van der Waals surface area contributed by atoms with Gasteiger partial charge in [-0.2, -0.15) is 5.26 Å². The van der Waals surface area contributed by atoms with Crippen molar-refractivity contribution in [3.05, 3.63) is 57.6 Å². The third kappa shape index (κ3) is 3.43. The molecule has 0 bridgehead atoms. The van der Waals surface area contributed by atoms with Gasteiger partial charge < -0.3 is 0 Å². The summed E-state index contributed by atoms with van der Waals surface area (Å²) in [6.07, 6.45) is 0. The fourth-order valence-corrected chi connectivity index (χ4v) is 3.23. The van der Waals surface area contributed by atoms with Gasteiger partial charge in [0.15, 0.2) is 0 Å². The number of benzene rings is 2. The molecule has 0 radical (unpaired) electrons. The lowest BCUT2D eigenvalue weighted by Gasteiger charge is -2.10. The molecule has 0 saturated carbocycles. The molecule has 4 nitrogen and oxygen atoms in total. The molecule has 0 aliphatic rings. The summed E-state index contributed by atoms with van der Waals surface area (Å²) in [5, 5.41) is 8.88. The summed E-state index contributed by atoms with van der Waals surface area (Å²) in [5.74, 6) is 0. The van der Waals surface area contributed by atoms with E-state index in [1.807, 2.05) is 13.0 Å². The van der Waals surface area contributed by atoms with E-state index >= 15 is 0 Å². The molecule has 0 heterocycles. The third-order valence-corrected chi connectivity index (χ3v) is 5.31. The Hall–Kier alpha value is -1.84. The maximum atomic E-state index is 12.3. The maximum Gasteiger partial charge on any atom is 0.261 e. The molecule has 0 atom stereocenters. The topological polar surface area (TPSA) is 70.0 Å². The summed E-state index contributed by atoms with van der Waals surface area (Å²) in [6, 6.07) is 11.7. The molecule has 2 aromatic carbocycles. The Morgan fingerprint density at radius 2 is 1.81 bits per heavy atom. The van der Waals surface area contributed by atoms with Crippen LogP contribution in [0.4, 0.5) is 5.69 Å². The summed E-state index contributed by atoms with van der Waals surface area (Å²) < 4.78 is 28.1. The van der Waals surface area contributed by atoms with Crippen molar-refractivity contribution in [1.82, 2.24) is 0 Å². The fourth-order valence-electron chi connectivity index (χ4n) is 1.85. The second kappa shape index (κ2) is 5.88. The number of nitriles is 1. The van der Waals surface area contributed by atoms with Crippen LogP contribution in [-0.2, 0) is 10.0 Å². The van der Waals surface area contributed by atoms with Crippen molar-refractivity contribution >= 4 is 31.6 Å². The summed E-state index contributed by atoms with van der Waals surface area (Å²) in [4.78, 5) is 0.138. The van der Waals surface area contributed by atoms with E-state index in [-0.39, 0.29) is 4.90 Å². The molecule has 1 N–H and O–H groups in total. The van der Waals surface area contributed by atoms with Gasteiger partial charge in [-0.05, 0) is 61.4 Å². The van der Waals surface area contributed by atoms with Crippen LogP contribution in [0.2, 0.25) is 0 Å². The number of hydrogen-bond acceptors (Lipinski definition) is 3. The molecule has 0 fully saturated rings. The minimum atomic E-state index is -3.67. The number of hydrogen-bond donors (Lipinski definition) is 1. The summed E-state index contributed by atoms with van der Waals surface area (Å²) in [6.45, 7) is 3.59. The minimum absolute atomic E-state index is 0.138. The van der Waals surface area contributed by atoms with Crippen molar-refractivity contribution in [3.63, 3.8) is 0 Å². The average molecular weight is 365 g/mol. The van der Waals surface area contributed by atoms with Crippen LogP contribution in [0, 0.1) is 25.2 Å². The van der Waals surface area contributed by atoms with Crippen LogP contribution in [0.3, 0.4) is 0 Å². The molecular weight excluding hydrogens is 352 g/mol. The molecule has 0 aliphatic carbocycles. The Labute approximate surface area is 132 Å². The zero-order valence-electron chi connectivity index (χ0n) is 11.5. The van der Waals surface area contributed by atoms with Gasteiger partial charge in [0.25, 0.3) is 10.0 Å². The zero-order valence-corrected chi connectivity index (χ0v) is 13.9. The number of anilines is 1. The molecule has 0 spiro atoms. The molecule has 2 rings (SSSR count). The predicted molar refractivity (Wildman–Crippen MR) is 85.6 cm³/mol. The van der Waals surface area contributed by atoms with Crippen molar-refractivity contribution in [3.8, 4) is 6.07 Å². The highest BCUT2D eigenvalue weighted by atomic mass is 79.9. The minimum Gasteiger partial charge on any atom is -0.280 e. The quantitative estimate of drug-likeness (QED) is 0.901. The Balaban J connectivity index is 2.36. The lowest BCUT2D eigenvalue weighted by molar-refractivity contribution is 0.601. The first-order chi connectivity index (χ1) is 9.83. The van der Waals surface area contributed by atoms with Crippen molar-refractivity contribution in [1.29, 1.82) is 5.26 Å². The number of aryl methyl sites for hydroxylation is 2. The molecule has 0 aromatic heterocycles. The van der Waals surface area contributed by atoms with E-state index in [2.05, 4.69) is 20.7 Å². The lowest BCUT2D eigenvalue weighted by atomic mass is 10.1. The van der Waals surface area contributed by atoms with Gasteiger partial charge in [-0.3, -0.25) is 4.72 Å². The van der Waals surface area contributed by atoms with E-state index in [0.29, 0.717) is 16.8 Å². The van der Waals surface area contributed by atoms with Crippen molar-refractivity contribution < 1.29 is 8.42 Å². The Kier molecular flexibility index (Phi) is 4.35. The van der Waals surface area contributed by atoms with Gasteiger partial charge in [0.2, 0.25) is 0 Å². The zero-order chi connectivity index (χ0) is 15.6. The second-order valence-corrected chi connectivity index (χ2v) is 7.19. The standard InChI is InChI=1S/C15H13BrN2O2S/c1-10-8-14(5-3-12(10)9-17)21(19,20)18-13-4-6-15(16)11(2)7-13/h3-8,18H,1-2H3. The number of nitrogens with one attached hydrogen (secondary N) is 1. The first-order valence-electron chi connectivity index (χ1n) is 6.13. The number of rotatable bonds is 3. The van der Waals surface area contributed by atoms with E-state index in [4.69, 9.17) is 5.26 Å². The number of nitrogens with zero attached hydrogens (tertiary/aromatic N) is 1. The van der Waals surface area contributed by atoms with Gasteiger partial charge in [0, 0.05) is 10.2 Å². The molecule has 0 saturated heterocycles. The number of halogens is 1. The number of sulfonamides is 1. The van der Waals surface area contributed by atoms with Crippen LogP contribution in [-0.4, -0.2) is 8.42 Å². The first kappa shape index (κ1) is 15.5. The summed E-state index contributed by atoms with van der Waals surface area (Å²) in [5.41, 5.74) is 2.53. The van der Waals surface area contributed by atoms with E-state index in [1.54, 1.807) is 25.1 Å². The monoisotopic (exact) mass is 364 g/mol. The molecule has 0 unspecified atom stereocenters. The molecule has 0 amide bonds. The molecule has 108 valence electrons. The smallest absolute Gasteiger partial charge is 0.261 e. The van der Waals surface area contributed by atoms with Crippen LogP contribution in [0.1, 0.15) is 16.7 Å². The van der Waals surface area contributed by atoms with Crippen LogP contribution in [0.5, 0.6) is 0 Å². The van der Waals surface area contributed by atoms with Crippen molar-refractivity contribution in [2.45, 2.75) is 18.7 Å². The Morgan fingerprint density at radius 1 is 1.10 bits per heavy atom. The van der Waals surface area contributed by atoms with E-state index in [1.165, 1.54) is 18.2 Å². The van der Waals surface area contributed by atoms with Crippen LogP contribution >= 0.6 is 15.9 Å². The lowest BCUT2D eigenvalue weighted by Crippen LogP contribution is -2.13. The van der Waals surface area contributed by atoms with Crippen molar-refractivity contribution in [2.75, 3.05) is 4.72 Å². The summed E-state index contributed by atoms with van der Waals surface area (Å²) >= 11 is 3.37. The normalized spacial score (nSPS) is 11.0. The largest absolute Gasteiger partial charge is 0.280 e. The Bertz CT molecular complexity index is 839. The van der Waals surface area contributed by atoms with Gasteiger partial charge in [-0.1, -0.05) is 15.9 Å². The Morgan fingerprint density at radius 3 is 2.38 bits per heavy atom. The highest BCUT2D eigenvalue weighted by Crippen LogP contribution is 2.23. The summed E-state index contributed by atoms with van der Waals surface area (Å²) in [7, 11) is -3.67. The van der Waals surface area contributed by atoms with Crippen molar-refractivity contribution in [2.24, 2.45) is 0 Å². The van der Waals surface area contributed by atoms with Gasteiger partial charge in [-0.15, -0.1) is 0 Å². The maximum absolute atomic E-state index is 12.3. The highest BCUT2D eigenvalue weighted by Gasteiger charge is 2.15. The highest BCUT2D eigenvalue weighted by molar-refractivity contribution is 9.10. The van der Waals surface area contributed by atoms with E-state index in [9.17, 15) is 8.42 Å². The third-order valence-electron chi connectivity index (χ3n) is 3.04. The first-order valence-corrected chi connectivity index (χ1v) is 8.41. The van der Waals surface area contributed by atoms with Crippen LogP contribution in [0.15, 0.2) is 45.8 Å². The van der Waals surface area contributed by atoms with Gasteiger partial charge >= 0.3 is 0 Å². The van der Waals surface area contributed by atoms with E-state index in [0.717, 1.165) is 10.0 Å². The van der Waals surface area contributed by atoms with Gasteiger partial charge in [0.05, 0.1) is 16.5 Å². The predicted octanol–water partition coefficient (Wildman–Crippen LogP) is 3.74. The van der Waals surface area contributed by atoms with Crippen LogP contribution < -0.4 is 4.72 Å². The van der Waals surface area contributed by atoms with Gasteiger partial charge in [0.1, 0.15) is 0 Å². The SMILES string of the molecule is Cc1cc(NS(=O)(=O)c2ccc(C#N)c(C)c2)ccc1Br. The fraction of sp³-hybridized carbons (Fsp3) is 0.133. The average Bonchev–Trinajstić information content (AvgIpc) is 2.42. The molecule has 0 aliphatic heterocycles. The van der Waals surface area contributed by atoms with Gasteiger partial charge in [-0.25, -0.2) is 8.42 Å². The van der Waals surface area contributed by atoms with Crippen LogP contribution in [0.25, 0.3) is 0 Å². The van der Waals surface area contributed by atoms with E-state index < -0.39 is 10.0 Å². The molecule has 21 heavy (non-hydrogen) atoms. The molecular formula is C15H13BrN2O2S. The second-order valence-electron chi connectivity index (χ2n) is 4.66. The molecule has 2 aromatic rings. The molecule has 6 heteroatoms.